The molecule has 1 aromatic heterocycles. The Morgan fingerprint density at radius 3 is 2.42 bits per heavy atom. The van der Waals surface area contributed by atoms with E-state index < -0.39 is 12.1 Å². The second-order valence-corrected chi connectivity index (χ2v) is 11.5. The number of aryl methyl sites for hydroxylation is 1. The molecule has 1 amide bonds. The van der Waals surface area contributed by atoms with Crippen LogP contribution in [-0.2, 0) is 24.3 Å². The number of aromatic nitrogens is 2. The number of methoxy groups -OCH3 is 1. The van der Waals surface area contributed by atoms with Crippen molar-refractivity contribution in [2.24, 2.45) is 5.92 Å². The number of ether oxygens (including phenoxy) is 3. The van der Waals surface area contributed by atoms with Crippen molar-refractivity contribution in [1.29, 1.82) is 0 Å². The minimum Gasteiger partial charge on any atom is -0.493 e. The van der Waals surface area contributed by atoms with Gasteiger partial charge in [-0.15, -0.1) is 0 Å². The standard InChI is InChI=1S/C34H38ClN3O7/c1-6-7-8-30-37-28-14-13-25(36-34(42)45-21(4)20(2)3)17-26(28)32(39)38(30)18-23-15-27(35)31(29(16-23)43-5)44-19-22-9-11-24(12-10-22)33(40)41/h9-17,20-21H,6-8,18-19H2,1-5H3,(H,36,42)(H,40,41). The van der Waals surface area contributed by atoms with Gasteiger partial charge in [-0.05, 0) is 72.9 Å². The van der Waals surface area contributed by atoms with E-state index in [0.29, 0.717) is 50.9 Å². The number of anilines is 1. The normalized spacial score (nSPS) is 11.8. The highest BCUT2D eigenvalue weighted by Crippen LogP contribution is 2.37. The number of unbranched alkanes of at least 4 members (excludes halogenated alkanes) is 1. The molecule has 0 aliphatic heterocycles. The van der Waals surface area contributed by atoms with E-state index in [1.807, 2.05) is 20.8 Å². The van der Waals surface area contributed by atoms with Crippen LogP contribution in [0.25, 0.3) is 10.9 Å². The van der Waals surface area contributed by atoms with Crippen LogP contribution in [-0.4, -0.2) is 39.9 Å². The number of rotatable bonds is 13. The first kappa shape index (κ1) is 33.3. The minimum absolute atomic E-state index is 0.144. The van der Waals surface area contributed by atoms with E-state index in [4.69, 9.17) is 35.9 Å². The molecule has 45 heavy (non-hydrogen) atoms. The molecule has 1 atom stereocenters. The lowest BCUT2D eigenvalue weighted by Gasteiger charge is -2.18. The monoisotopic (exact) mass is 635 g/mol. The fraction of sp³-hybridized carbons (Fsp3) is 0.353. The minimum atomic E-state index is -1.00. The fourth-order valence-corrected chi connectivity index (χ4v) is 4.86. The van der Waals surface area contributed by atoms with Crippen LogP contribution in [0.4, 0.5) is 10.5 Å². The summed E-state index contributed by atoms with van der Waals surface area (Å²) in [6, 6.07) is 14.9. The molecule has 11 heteroatoms. The summed E-state index contributed by atoms with van der Waals surface area (Å²) in [6.45, 7) is 8.15. The lowest BCUT2D eigenvalue weighted by Crippen LogP contribution is -2.26. The van der Waals surface area contributed by atoms with Gasteiger partial charge in [-0.1, -0.05) is 50.9 Å². The van der Waals surface area contributed by atoms with Gasteiger partial charge in [0.05, 0.1) is 35.1 Å². The Morgan fingerprint density at radius 2 is 1.78 bits per heavy atom. The zero-order valence-electron chi connectivity index (χ0n) is 26.1. The number of carbonyl (C=O) groups is 2. The largest absolute Gasteiger partial charge is 0.493 e. The highest BCUT2D eigenvalue weighted by molar-refractivity contribution is 6.32. The third-order valence-electron chi connectivity index (χ3n) is 7.48. The van der Waals surface area contributed by atoms with E-state index >= 15 is 0 Å². The molecule has 0 bridgehead atoms. The predicted molar refractivity (Wildman–Crippen MR) is 174 cm³/mol. The number of halogens is 1. The van der Waals surface area contributed by atoms with E-state index in [0.717, 1.165) is 18.4 Å². The van der Waals surface area contributed by atoms with Crippen LogP contribution in [0.1, 0.15) is 67.8 Å². The zero-order chi connectivity index (χ0) is 32.7. The summed E-state index contributed by atoms with van der Waals surface area (Å²) in [5, 5.41) is 12.5. The summed E-state index contributed by atoms with van der Waals surface area (Å²) >= 11 is 6.66. The van der Waals surface area contributed by atoms with Crippen LogP contribution in [0.5, 0.6) is 11.5 Å². The molecule has 3 aromatic carbocycles. The number of nitrogens with zero attached hydrogens (tertiary/aromatic N) is 2. The molecule has 4 aromatic rings. The molecule has 0 fully saturated rings. The van der Waals surface area contributed by atoms with Crippen LogP contribution in [0, 0.1) is 5.92 Å². The Kier molecular flexibility index (Phi) is 11.1. The summed E-state index contributed by atoms with van der Waals surface area (Å²) in [5.74, 6) is 0.512. The van der Waals surface area contributed by atoms with E-state index in [2.05, 4.69) is 12.2 Å². The van der Waals surface area contributed by atoms with Gasteiger partial charge >= 0.3 is 12.1 Å². The molecular formula is C34H38ClN3O7. The van der Waals surface area contributed by atoms with Gasteiger partial charge in [0.15, 0.2) is 11.5 Å². The Hall–Kier alpha value is -4.57. The van der Waals surface area contributed by atoms with Gasteiger partial charge in [0.2, 0.25) is 0 Å². The maximum absolute atomic E-state index is 13.9. The van der Waals surface area contributed by atoms with E-state index in [1.54, 1.807) is 47.0 Å². The Bertz CT molecular complexity index is 1740. The highest BCUT2D eigenvalue weighted by Gasteiger charge is 2.18. The van der Waals surface area contributed by atoms with Crippen molar-refractivity contribution < 1.29 is 28.9 Å². The number of hydrogen-bond donors (Lipinski definition) is 2. The average Bonchev–Trinajstić information content (AvgIpc) is 3.01. The van der Waals surface area contributed by atoms with Crippen LogP contribution in [0.3, 0.4) is 0 Å². The molecule has 0 aliphatic rings. The molecule has 1 heterocycles. The Labute approximate surface area is 266 Å². The number of carbonyl (C=O) groups excluding carboxylic acids is 1. The molecule has 0 radical (unpaired) electrons. The number of aromatic carboxylic acids is 1. The van der Waals surface area contributed by atoms with Gasteiger partial charge in [0.1, 0.15) is 18.5 Å². The van der Waals surface area contributed by atoms with Crippen molar-refractivity contribution in [2.45, 2.75) is 66.2 Å². The summed E-state index contributed by atoms with van der Waals surface area (Å²) in [4.78, 5) is 42.3. The van der Waals surface area contributed by atoms with E-state index in [-0.39, 0.29) is 36.3 Å². The van der Waals surface area contributed by atoms with E-state index in [9.17, 15) is 14.4 Å². The molecule has 1 unspecified atom stereocenters. The fourth-order valence-electron chi connectivity index (χ4n) is 4.57. The lowest BCUT2D eigenvalue weighted by atomic mass is 10.1. The highest BCUT2D eigenvalue weighted by atomic mass is 35.5. The summed E-state index contributed by atoms with van der Waals surface area (Å²) in [5.41, 5.74) is 2.36. The van der Waals surface area contributed by atoms with E-state index in [1.165, 1.54) is 19.2 Å². The van der Waals surface area contributed by atoms with Crippen LogP contribution < -0.4 is 20.3 Å². The van der Waals surface area contributed by atoms with Crippen molar-refractivity contribution in [2.75, 3.05) is 12.4 Å². The maximum Gasteiger partial charge on any atom is 0.411 e. The second-order valence-electron chi connectivity index (χ2n) is 11.1. The van der Waals surface area contributed by atoms with Crippen molar-refractivity contribution in [3.05, 3.63) is 92.5 Å². The van der Waals surface area contributed by atoms with Crippen molar-refractivity contribution in [3.63, 3.8) is 0 Å². The first-order valence-corrected chi connectivity index (χ1v) is 15.2. The van der Waals surface area contributed by atoms with Crippen LogP contribution >= 0.6 is 11.6 Å². The molecule has 0 saturated carbocycles. The average molecular weight is 636 g/mol. The number of nitrogens with one attached hydrogen (secondary N) is 1. The molecule has 238 valence electrons. The van der Waals surface area contributed by atoms with Gasteiger partial charge in [-0.25, -0.2) is 14.6 Å². The van der Waals surface area contributed by atoms with Gasteiger partial charge in [0, 0.05) is 12.1 Å². The summed E-state index contributed by atoms with van der Waals surface area (Å²) in [6.07, 6.45) is 1.52. The second kappa shape index (κ2) is 14.9. The van der Waals surface area contributed by atoms with Crippen LogP contribution in [0.15, 0.2) is 59.4 Å². The maximum atomic E-state index is 13.9. The van der Waals surface area contributed by atoms with Gasteiger partial charge in [0.25, 0.3) is 5.56 Å². The number of fused-ring (bicyclic) bond motifs is 1. The first-order chi connectivity index (χ1) is 21.5. The molecule has 10 nitrogen and oxygen atoms in total. The van der Waals surface area contributed by atoms with Crippen LogP contribution in [0.2, 0.25) is 5.02 Å². The summed E-state index contributed by atoms with van der Waals surface area (Å²) in [7, 11) is 1.50. The SMILES string of the molecule is CCCCc1nc2ccc(NC(=O)OC(C)C(C)C)cc2c(=O)n1Cc1cc(Cl)c(OCc2ccc(C(=O)O)cc2)c(OC)c1. The zero-order valence-corrected chi connectivity index (χ0v) is 26.8. The molecule has 2 N–H and O–H groups in total. The molecule has 0 spiro atoms. The Morgan fingerprint density at radius 1 is 1.04 bits per heavy atom. The molecule has 4 rings (SSSR count). The van der Waals surface area contributed by atoms with Crippen molar-refractivity contribution in [3.8, 4) is 11.5 Å². The number of amides is 1. The third-order valence-corrected chi connectivity index (χ3v) is 7.76. The topological polar surface area (TPSA) is 129 Å². The van der Waals surface area contributed by atoms with Gasteiger partial charge in [-0.3, -0.25) is 14.7 Å². The summed E-state index contributed by atoms with van der Waals surface area (Å²) < 4.78 is 18.6. The smallest absolute Gasteiger partial charge is 0.411 e. The molecule has 0 saturated heterocycles. The number of carboxylic acids is 1. The number of benzene rings is 3. The van der Waals surface area contributed by atoms with Crippen molar-refractivity contribution >= 4 is 40.3 Å². The van der Waals surface area contributed by atoms with Crippen molar-refractivity contribution in [1.82, 2.24) is 9.55 Å². The quantitative estimate of drug-likeness (QED) is 0.156. The third kappa shape index (κ3) is 8.33. The van der Waals surface area contributed by atoms with Gasteiger partial charge < -0.3 is 19.3 Å². The molecular weight excluding hydrogens is 598 g/mol. The lowest BCUT2D eigenvalue weighted by molar-refractivity contribution is 0.0696. The predicted octanol–water partition coefficient (Wildman–Crippen LogP) is 7.32. The number of hydrogen-bond acceptors (Lipinski definition) is 7. The Balaban J connectivity index is 1.63. The number of carboxylic acid groups (broad SMARTS) is 1. The first-order valence-electron chi connectivity index (χ1n) is 14.8. The van der Waals surface area contributed by atoms with Gasteiger partial charge in [-0.2, -0.15) is 0 Å². The molecule has 0 aliphatic carbocycles.